The van der Waals surface area contributed by atoms with Crippen LogP contribution in [0.3, 0.4) is 0 Å². The van der Waals surface area contributed by atoms with Crippen molar-refractivity contribution in [1.82, 2.24) is 20.2 Å². The van der Waals surface area contributed by atoms with E-state index < -0.39 is 0 Å². The van der Waals surface area contributed by atoms with Crippen LogP contribution >= 0.6 is 0 Å². The number of hydrogen-bond donors (Lipinski definition) is 2. The molecule has 2 aromatic heterocycles. The van der Waals surface area contributed by atoms with Gasteiger partial charge in [0.15, 0.2) is 0 Å². The van der Waals surface area contributed by atoms with Gasteiger partial charge in [-0.3, -0.25) is 20.9 Å². The molecule has 2 aromatic rings. The Morgan fingerprint density at radius 2 is 2.19 bits per heavy atom. The third-order valence-corrected chi connectivity index (χ3v) is 4.30. The zero-order valence-electron chi connectivity index (χ0n) is 12.5. The summed E-state index contributed by atoms with van der Waals surface area (Å²) >= 11 is 0. The van der Waals surface area contributed by atoms with Gasteiger partial charge in [-0.25, -0.2) is 0 Å². The van der Waals surface area contributed by atoms with Gasteiger partial charge in [-0.1, -0.05) is 12.8 Å². The largest absolute Gasteiger partial charge is 0.271 e. The van der Waals surface area contributed by atoms with E-state index in [0.717, 1.165) is 23.4 Å². The highest BCUT2D eigenvalue weighted by molar-refractivity contribution is 5.21. The van der Waals surface area contributed by atoms with E-state index in [0.29, 0.717) is 6.04 Å². The average molecular weight is 285 g/mol. The quantitative estimate of drug-likeness (QED) is 0.654. The van der Waals surface area contributed by atoms with Gasteiger partial charge >= 0.3 is 0 Å². The Hall–Kier alpha value is -1.72. The fourth-order valence-electron chi connectivity index (χ4n) is 3.12. The zero-order chi connectivity index (χ0) is 14.7. The van der Waals surface area contributed by atoms with Gasteiger partial charge in [0.2, 0.25) is 0 Å². The minimum Gasteiger partial charge on any atom is -0.271 e. The maximum absolute atomic E-state index is 5.73. The summed E-state index contributed by atoms with van der Waals surface area (Å²) in [4.78, 5) is 4.23. The molecule has 3 N–H and O–H groups in total. The molecule has 3 rings (SSSR count). The average Bonchev–Trinajstić information content (AvgIpc) is 3.15. The van der Waals surface area contributed by atoms with Crippen LogP contribution in [0, 0.1) is 6.92 Å². The Balaban J connectivity index is 1.72. The van der Waals surface area contributed by atoms with E-state index in [-0.39, 0.29) is 6.04 Å². The van der Waals surface area contributed by atoms with Crippen LogP contribution in [-0.4, -0.2) is 14.8 Å². The molecule has 5 heteroatoms. The molecule has 0 amide bonds. The van der Waals surface area contributed by atoms with Crippen molar-refractivity contribution >= 4 is 0 Å². The van der Waals surface area contributed by atoms with Crippen LogP contribution in [0.2, 0.25) is 0 Å². The summed E-state index contributed by atoms with van der Waals surface area (Å²) in [6.45, 7) is 1.99. The fourth-order valence-corrected chi connectivity index (χ4v) is 3.12. The van der Waals surface area contributed by atoms with E-state index in [4.69, 9.17) is 10.9 Å². The summed E-state index contributed by atoms with van der Waals surface area (Å²) in [5, 5.41) is 4.73. The first-order valence-corrected chi connectivity index (χ1v) is 7.69. The minimum absolute atomic E-state index is 0.0682. The van der Waals surface area contributed by atoms with Crippen molar-refractivity contribution in [2.75, 3.05) is 0 Å². The SMILES string of the molecule is Cc1cc(C(Cc2ccn(C3CCCC3)n2)NN)ccn1. The molecule has 1 aliphatic rings. The molecular weight excluding hydrogens is 262 g/mol. The summed E-state index contributed by atoms with van der Waals surface area (Å²) in [7, 11) is 0. The number of nitrogens with one attached hydrogen (secondary N) is 1. The second kappa shape index (κ2) is 6.37. The molecule has 1 aliphatic carbocycles. The normalized spacial score (nSPS) is 17.2. The number of aryl methyl sites for hydroxylation is 1. The number of hydrazine groups is 1. The minimum atomic E-state index is 0.0682. The second-order valence-corrected chi connectivity index (χ2v) is 5.88. The topological polar surface area (TPSA) is 68.8 Å². The highest BCUT2D eigenvalue weighted by Crippen LogP contribution is 2.29. The van der Waals surface area contributed by atoms with Crippen LogP contribution in [-0.2, 0) is 6.42 Å². The van der Waals surface area contributed by atoms with E-state index in [1.807, 2.05) is 19.2 Å². The van der Waals surface area contributed by atoms with E-state index in [9.17, 15) is 0 Å². The standard InChI is InChI=1S/C16H23N5/c1-12-10-13(6-8-18-12)16(19-17)11-14-7-9-21(20-14)15-4-2-3-5-15/h6-10,15-16,19H,2-5,11,17H2,1H3. The predicted molar refractivity (Wildman–Crippen MR) is 82.5 cm³/mol. The van der Waals surface area contributed by atoms with Gasteiger partial charge in [0, 0.05) is 24.5 Å². The molecular formula is C16H23N5. The lowest BCUT2D eigenvalue weighted by molar-refractivity contribution is 0.457. The second-order valence-electron chi connectivity index (χ2n) is 5.88. The van der Waals surface area contributed by atoms with E-state index in [1.54, 1.807) is 0 Å². The fraction of sp³-hybridized carbons (Fsp3) is 0.500. The highest BCUT2D eigenvalue weighted by atomic mass is 15.3. The molecule has 1 fully saturated rings. The molecule has 0 radical (unpaired) electrons. The van der Waals surface area contributed by atoms with Gasteiger partial charge in [0.05, 0.1) is 17.8 Å². The van der Waals surface area contributed by atoms with Gasteiger partial charge < -0.3 is 0 Å². The van der Waals surface area contributed by atoms with E-state index >= 15 is 0 Å². The van der Waals surface area contributed by atoms with Crippen molar-refractivity contribution in [3.05, 3.63) is 47.5 Å². The monoisotopic (exact) mass is 285 g/mol. The summed E-state index contributed by atoms with van der Waals surface area (Å²) in [6, 6.07) is 6.84. The first-order chi connectivity index (χ1) is 10.3. The first-order valence-electron chi connectivity index (χ1n) is 7.69. The molecule has 0 aliphatic heterocycles. The van der Waals surface area contributed by atoms with E-state index in [2.05, 4.69) is 33.4 Å². The third-order valence-electron chi connectivity index (χ3n) is 4.30. The van der Waals surface area contributed by atoms with Gasteiger partial charge in [-0.15, -0.1) is 0 Å². The lowest BCUT2D eigenvalue weighted by Gasteiger charge is -2.15. The Labute approximate surface area is 125 Å². The number of aromatic nitrogens is 3. The van der Waals surface area contributed by atoms with Gasteiger partial charge in [0.1, 0.15) is 0 Å². The Morgan fingerprint density at radius 3 is 2.90 bits per heavy atom. The molecule has 21 heavy (non-hydrogen) atoms. The molecule has 0 spiro atoms. The van der Waals surface area contributed by atoms with Gasteiger partial charge in [0.25, 0.3) is 0 Å². The van der Waals surface area contributed by atoms with Gasteiger partial charge in [-0.2, -0.15) is 5.10 Å². The van der Waals surface area contributed by atoms with Crippen LogP contribution in [0.25, 0.3) is 0 Å². The smallest absolute Gasteiger partial charge is 0.0644 e. The lowest BCUT2D eigenvalue weighted by atomic mass is 10.0. The molecule has 1 saturated carbocycles. The zero-order valence-corrected chi connectivity index (χ0v) is 12.5. The molecule has 112 valence electrons. The van der Waals surface area contributed by atoms with Crippen LogP contribution in [0.4, 0.5) is 0 Å². The molecule has 2 heterocycles. The van der Waals surface area contributed by atoms with Crippen LogP contribution in [0.1, 0.15) is 54.7 Å². The Bertz CT molecular complexity index is 586. The van der Waals surface area contributed by atoms with Crippen molar-refractivity contribution < 1.29 is 0 Å². The summed E-state index contributed by atoms with van der Waals surface area (Å²) in [5.41, 5.74) is 6.14. The number of rotatable bonds is 5. The maximum atomic E-state index is 5.73. The number of hydrogen-bond acceptors (Lipinski definition) is 4. The van der Waals surface area contributed by atoms with E-state index in [1.165, 1.54) is 25.7 Å². The number of nitrogens with zero attached hydrogens (tertiary/aromatic N) is 3. The summed E-state index contributed by atoms with van der Waals surface area (Å²) < 4.78 is 2.13. The van der Waals surface area contributed by atoms with Crippen LogP contribution < -0.4 is 11.3 Å². The number of nitrogens with two attached hydrogens (primary N) is 1. The van der Waals surface area contributed by atoms with Crippen molar-refractivity contribution in [1.29, 1.82) is 0 Å². The van der Waals surface area contributed by atoms with Crippen molar-refractivity contribution in [3.63, 3.8) is 0 Å². The predicted octanol–water partition coefficient (Wildman–Crippen LogP) is 2.45. The lowest BCUT2D eigenvalue weighted by Crippen LogP contribution is -2.29. The molecule has 1 atom stereocenters. The Morgan fingerprint density at radius 1 is 1.38 bits per heavy atom. The molecule has 0 saturated heterocycles. The Kier molecular flexibility index (Phi) is 4.31. The van der Waals surface area contributed by atoms with Crippen molar-refractivity contribution in [2.24, 2.45) is 5.84 Å². The molecule has 0 bridgehead atoms. The summed E-state index contributed by atoms with van der Waals surface area (Å²) in [6.07, 6.45) is 9.88. The van der Waals surface area contributed by atoms with Crippen molar-refractivity contribution in [2.45, 2.75) is 51.1 Å². The maximum Gasteiger partial charge on any atom is 0.0644 e. The molecule has 1 unspecified atom stereocenters. The highest BCUT2D eigenvalue weighted by Gasteiger charge is 2.19. The number of pyridine rings is 1. The van der Waals surface area contributed by atoms with Crippen molar-refractivity contribution in [3.8, 4) is 0 Å². The first kappa shape index (κ1) is 14.2. The summed E-state index contributed by atoms with van der Waals surface area (Å²) in [5.74, 6) is 5.73. The third kappa shape index (κ3) is 3.31. The molecule has 0 aromatic carbocycles. The molecule has 5 nitrogen and oxygen atoms in total. The van der Waals surface area contributed by atoms with Gasteiger partial charge in [-0.05, 0) is 43.5 Å². The van der Waals surface area contributed by atoms with Crippen LogP contribution in [0.15, 0.2) is 30.6 Å². The van der Waals surface area contributed by atoms with Crippen LogP contribution in [0.5, 0.6) is 0 Å².